The predicted octanol–water partition coefficient (Wildman–Crippen LogP) is 5.39. The minimum absolute atomic E-state index is 0.0903. The molecule has 1 aliphatic carbocycles. The normalized spacial score (nSPS) is 20.8. The summed E-state index contributed by atoms with van der Waals surface area (Å²) in [5.74, 6) is 0.120. The van der Waals surface area contributed by atoms with Crippen LogP contribution in [0.5, 0.6) is 0 Å². The third-order valence-corrected chi connectivity index (χ3v) is 7.17. The first-order valence-corrected chi connectivity index (χ1v) is 11.7. The van der Waals surface area contributed by atoms with Crippen LogP contribution in [0.25, 0.3) is 6.08 Å². The van der Waals surface area contributed by atoms with Gasteiger partial charge in [0.05, 0.1) is 5.57 Å². The molecule has 2 aromatic rings. The third kappa shape index (κ3) is 4.12. The molecule has 0 radical (unpaired) electrons. The zero-order chi connectivity index (χ0) is 21.4. The van der Waals surface area contributed by atoms with Crippen molar-refractivity contribution >= 4 is 51.4 Å². The quantitative estimate of drug-likeness (QED) is 0.633. The topological polar surface area (TPSA) is 73.8 Å². The van der Waals surface area contributed by atoms with E-state index in [-0.39, 0.29) is 17.3 Å². The number of rotatable bonds is 4. The standard InChI is InChI=1S/C23H22ClN5OS/c24-17-10-8-15(9-11-17)14-28-12-4-7-18(28)13-19-20(25)29-23(26-21(19)30)31-22(27-29)16-5-2-1-3-6-16/h4,7-13,16,25H,1-3,5-6,14H2/b19-13-,25-20?. The van der Waals surface area contributed by atoms with Crippen molar-refractivity contribution in [2.24, 2.45) is 16.0 Å². The fourth-order valence-corrected chi connectivity index (χ4v) is 5.34. The monoisotopic (exact) mass is 451 g/mol. The minimum Gasteiger partial charge on any atom is -0.344 e. The van der Waals surface area contributed by atoms with E-state index in [4.69, 9.17) is 17.0 Å². The molecule has 6 nitrogen and oxygen atoms in total. The third-order valence-electron chi connectivity index (χ3n) is 5.85. The number of aromatic nitrogens is 1. The lowest BCUT2D eigenvalue weighted by Gasteiger charge is -2.20. The van der Waals surface area contributed by atoms with Gasteiger partial charge < -0.3 is 4.57 Å². The van der Waals surface area contributed by atoms with Gasteiger partial charge in [0.15, 0.2) is 5.84 Å². The highest BCUT2D eigenvalue weighted by atomic mass is 35.5. The van der Waals surface area contributed by atoms with Gasteiger partial charge in [0, 0.05) is 29.4 Å². The van der Waals surface area contributed by atoms with Crippen LogP contribution in [0.4, 0.5) is 0 Å². The fourth-order valence-electron chi connectivity index (χ4n) is 4.16. The highest BCUT2D eigenvalue weighted by Crippen LogP contribution is 2.36. The number of carbonyl (C=O) groups excluding carboxylic acids is 1. The van der Waals surface area contributed by atoms with E-state index < -0.39 is 0 Å². The number of aliphatic imine (C=N–C) groups is 1. The lowest BCUT2D eigenvalue weighted by molar-refractivity contribution is -0.114. The van der Waals surface area contributed by atoms with Crippen LogP contribution >= 0.6 is 23.4 Å². The summed E-state index contributed by atoms with van der Waals surface area (Å²) in [4.78, 5) is 17.0. The van der Waals surface area contributed by atoms with E-state index in [1.807, 2.05) is 47.2 Å². The molecule has 158 valence electrons. The molecular weight excluding hydrogens is 430 g/mol. The van der Waals surface area contributed by atoms with E-state index in [0.29, 0.717) is 22.7 Å². The molecule has 1 aromatic carbocycles. The lowest BCUT2D eigenvalue weighted by atomic mass is 9.90. The van der Waals surface area contributed by atoms with Gasteiger partial charge in [-0.2, -0.15) is 15.1 Å². The molecule has 3 heterocycles. The average Bonchev–Trinajstić information content (AvgIpc) is 3.40. The molecule has 0 atom stereocenters. The van der Waals surface area contributed by atoms with Crippen LogP contribution in [0.1, 0.15) is 43.4 Å². The van der Waals surface area contributed by atoms with Gasteiger partial charge in [-0.05, 0) is 60.5 Å². The van der Waals surface area contributed by atoms with Gasteiger partial charge in [-0.1, -0.05) is 43.0 Å². The van der Waals surface area contributed by atoms with E-state index in [1.165, 1.54) is 36.0 Å². The Morgan fingerprint density at radius 3 is 2.71 bits per heavy atom. The predicted molar refractivity (Wildman–Crippen MR) is 127 cm³/mol. The summed E-state index contributed by atoms with van der Waals surface area (Å²) in [5, 5.41) is 17.0. The Morgan fingerprint density at radius 2 is 1.94 bits per heavy atom. The summed E-state index contributed by atoms with van der Waals surface area (Å²) in [6, 6.07) is 11.5. The Kier molecular flexibility index (Phi) is 5.54. The van der Waals surface area contributed by atoms with Crippen molar-refractivity contribution in [2.75, 3.05) is 0 Å². The number of benzene rings is 1. The largest absolute Gasteiger partial charge is 0.344 e. The van der Waals surface area contributed by atoms with E-state index in [0.717, 1.165) is 29.1 Å². The van der Waals surface area contributed by atoms with Crippen LogP contribution in [0.3, 0.4) is 0 Å². The highest BCUT2D eigenvalue weighted by Gasteiger charge is 2.38. The second-order valence-electron chi connectivity index (χ2n) is 7.98. The van der Waals surface area contributed by atoms with Crippen LogP contribution in [0.2, 0.25) is 5.02 Å². The summed E-state index contributed by atoms with van der Waals surface area (Å²) in [5.41, 5.74) is 2.20. The second-order valence-corrected chi connectivity index (χ2v) is 9.40. The van der Waals surface area contributed by atoms with Crippen molar-refractivity contribution in [3.05, 3.63) is 64.4 Å². The number of carbonyl (C=O) groups is 1. The molecule has 8 heteroatoms. The van der Waals surface area contributed by atoms with E-state index in [9.17, 15) is 4.79 Å². The van der Waals surface area contributed by atoms with Gasteiger partial charge in [0.2, 0.25) is 5.17 Å². The van der Waals surface area contributed by atoms with Crippen molar-refractivity contribution in [3.63, 3.8) is 0 Å². The van der Waals surface area contributed by atoms with Crippen LogP contribution in [-0.2, 0) is 11.3 Å². The summed E-state index contributed by atoms with van der Waals surface area (Å²) in [7, 11) is 0. The van der Waals surface area contributed by atoms with Crippen molar-refractivity contribution in [2.45, 2.75) is 38.6 Å². The molecule has 5 rings (SSSR count). The molecule has 1 saturated carbocycles. The Labute approximate surface area is 190 Å². The van der Waals surface area contributed by atoms with Crippen LogP contribution in [0, 0.1) is 11.3 Å². The number of halogens is 1. The second kappa shape index (κ2) is 8.48. The maximum Gasteiger partial charge on any atom is 0.283 e. The van der Waals surface area contributed by atoms with Gasteiger partial charge in [0.1, 0.15) is 5.04 Å². The number of thioether (sulfide) groups is 1. The summed E-state index contributed by atoms with van der Waals surface area (Å²) < 4.78 is 2.03. The van der Waals surface area contributed by atoms with Gasteiger partial charge in [0.25, 0.3) is 5.91 Å². The number of fused-ring (bicyclic) bond motifs is 1. The number of hydrogen-bond donors (Lipinski definition) is 1. The molecule has 1 aromatic heterocycles. The van der Waals surface area contributed by atoms with Gasteiger partial charge in [-0.15, -0.1) is 0 Å². The van der Waals surface area contributed by atoms with Crippen LogP contribution in [0.15, 0.2) is 58.3 Å². The zero-order valence-electron chi connectivity index (χ0n) is 16.9. The van der Waals surface area contributed by atoms with Crippen molar-refractivity contribution in [1.82, 2.24) is 9.58 Å². The number of amidine groups is 2. The molecule has 0 unspecified atom stereocenters. The average molecular weight is 452 g/mol. The van der Waals surface area contributed by atoms with Gasteiger partial charge >= 0.3 is 0 Å². The zero-order valence-corrected chi connectivity index (χ0v) is 18.5. The molecule has 1 fully saturated rings. The van der Waals surface area contributed by atoms with Crippen LogP contribution < -0.4 is 0 Å². The molecule has 0 spiro atoms. The fraction of sp³-hybridized carbons (Fsp3) is 0.304. The Balaban J connectivity index is 1.40. The number of hydrogen-bond acceptors (Lipinski definition) is 4. The number of nitrogens with one attached hydrogen (secondary N) is 1. The smallest absolute Gasteiger partial charge is 0.283 e. The molecule has 3 aliphatic rings. The molecule has 2 aliphatic heterocycles. The first-order valence-electron chi connectivity index (χ1n) is 10.5. The molecular formula is C23H22ClN5OS. The molecule has 1 N–H and O–H groups in total. The van der Waals surface area contributed by atoms with E-state index >= 15 is 0 Å². The van der Waals surface area contributed by atoms with Crippen molar-refractivity contribution in [3.8, 4) is 0 Å². The molecule has 0 bridgehead atoms. The molecule has 1 amide bonds. The number of amides is 1. The summed E-state index contributed by atoms with van der Waals surface area (Å²) >= 11 is 7.43. The van der Waals surface area contributed by atoms with Crippen molar-refractivity contribution < 1.29 is 4.79 Å². The molecule has 0 saturated heterocycles. The van der Waals surface area contributed by atoms with E-state index in [2.05, 4.69) is 10.1 Å². The molecule has 31 heavy (non-hydrogen) atoms. The Bertz CT molecular complexity index is 1130. The summed E-state index contributed by atoms with van der Waals surface area (Å²) in [6.07, 6.45) is 9.63. The maximum atomic E-state index is 12.8. The first kappa shape index (κ1) is 20.3. The van der Waals surface area contributed by atoms with Gasteiger partial charge in [-0.3, -0.25) is 10.2 Å². The minimum atomic E-state index is -0.386. The maximum absolute atomic E-state index is 12.8. The summed E-state index contributed by atoms with van der Waals surface area (Å²) in [6.45, 7) is 0.642. The van der Waals surface area contributed by atoms with Crippen LogP contribution in [-0.4, -0.2) is 31.5 Å². The highest BCUT2D eigenvalue weighted by molar-refractivity contribution is 8.27. The number of hydrazone groups is 1. The van der Waals surface area contributed by atoms with Gasteiger partial charge in [-0.25, -0.2) is 0 Å². The Hall–Kier alpha value is -2.64. The lowest BCUT2D eigenvalue weighted by Crippen LogP contribution is -2.35. The first-order chi connectivity index (χ1) is 15.1. The van der Waals surface area contributed by atoms with E-state index in [1.54, 1.807) is 6.08 Å². The number of nitrogens with zero attached hydrogens (tertiary/aromatic N) is 4. The Morgan fingerprint density at radius 1 is 1.16 bits per heavy atom. The van der Waals surface area contributed by atoms with Crippen molar-refractivity contribution in [1.29, 1.82) is 5.41 Å². The SMILES string of the molecule is N=C1/C(=C/c2cccn2Cc2ccc(Cl)cc2)C(=O)N=C2SC(C3CCCCC3)=NN12.